The van der Waals surface area contributed by atoms with Gasteiger partial charge in [-0.3, -0.25) is 14.3 Å². The molecule has 0 saturated carbocycles. The Morgan fingerprint density at radius 2 is 1.71 bits per heavy atom. The Balaban J connectivity index is 1.36. The Morgan fingerprint density at radius 1 is 0.971 bits per heavy atom. The maximum Gasteiger partial charge on any atom is 0.275 e. The first kappa shape index (κ1) is 22.3. The van der Waals surface area contributed by atoms with E-state index in [9.17, 15) is 22.4 Å². The molecule has 176 valence electrons. The number of amides is 1. The standard InChI is InChI=1S/C25H24FN3O4S/c26-21-8-6-19(7-9-21)24(30)28-13-18-12-20(15-28)23-11-10-22(25(31)29(23)14-18)27-34(32,33)16-17-4-2-1-3-5-17/h1-11,18,20,27H,12-16H2/t18-,20+/m0/s1. The second-order valence-corrected chi connectivity index (χ2v) is 10.7. The number of pyridine rings is 1. The van der Waals surface area contributed by atoms with Gasteiger partial charge in [0.1, 0.15) is 11.5 Å². The molecular formula is C25H24FN3O4S. The van der Waals surface area contributed by atoms with E-state index in [-0.39, 0.29) is 34.7 Å². The number of fused-ring (bicyclic) bond motifs is 4. The van der Waals surface area contributed by atoms with Crippen LogP contribution in [-0.2, 0) is 22.3 Å². The van der Waals surface area contributed by atoms with Gasteiger partial charge in [0, 0.05) is 36.8 Å². The third-order valence-electron chi connectivity index (χ3n) is 6.45. The molecule has 2 aliphatic rings. The molecule has 3 heterocycles. The van der Waals surface area contributed by atoms with Crippen molar-refractivity contribution in [3.8, 4) is 0 Å². The third kappa shape index (κ3) is 4.48. The summed E-state index contributed by atoms with van der Waals surface area (Å²) < 4.78 is 42.6. The summed E-state index contributed by atoms with van der Waals surface area (Å²) >= 11 is 0. The number of nitrogens with zero attached hydrogens (tertiary/aromatic N) is 2. The van der Waals surface area contributed by atoms with Crippen molar-refractivity contribution < 1.29 is 17.6 Å². The van der Waals surface area contributed by atoms with Gasteiger partial charge in [-0.25, -0.2) is 12.8 Å². The number of benzene rings is 2. The number of nitrogens with one attached hydrogen (secondary N) is 1. The Hall–Kier alpha value is -3.46. The summed E-state index contributed by atoms with van der Waals surface area (Å²) in [4.78, 5) is 27.9. The first-order valence-corrected chi connectivity index (χ1v) is 12.8. The number of anilines is 1. The Labute approximate surface area is 196 Å². The molecule has 3 aromatic rings. The Kier molecular flexibility index (Phi) is 5.73. The van der Waals surface area contributed by atoms with Crippen LogP contribution in [0.15, 0.2) is 71.5 Å². The average Bonchev–Trinajstić information content (AvgIpc) is 2.81. The molecule has 2 aromatic carbocycles. The van der Waals surface area contributed by atoms with E-state index in [1.165, 1.54) is 30.3 Å². The van der Waals surface area contributed by atoms with Crippen LogP contribution in [0.5, 0.6) is 0 Å². The van der Waals surface area contributed by atoms with E-state index in [0.29, 0.717) is 30.8 Å². The Morgan fingerprint density at radius 3 is 2.44 bits per heavy atom. The number of hydrogen-bond acceptors (Lipinski definition) is 4. The van der Waals surface area contributed by atoms with Gasteiger partial charge in [0.2, 0.25) is 10.0 Å². The molecule has 9 heteroatoms. The minimum Gasteiger partial charge on any atom is -0.338 e. The lowest BCUT2D eigenvalue weighted by Gasteiger charge is -2.43. The highest BCUT2D eigenvalue weighted by Crippen LogP contribution is 2.36. The molecule has 2 aliphatic heterocycles. The molecule has 1 saturated heterocycles. The van der Waals surface area contributed by atoms with Crippen LogP contribution in [0.1, 0.15) is 34.0 Å². The molecule has 2 bridgehead atoms. The summed E-state index contributed by atoms with van der Waals surface area (Å²) in [6.45, 7) is 1.35. The van der Waals surface area contributed by atoms with Crippen LogP contribution in [-0.4, -0.2) is 36.9 Å². The van der Waals surface area contributed by atoms with Crippen molar-refractivity contribution in [3.63, 3.8) is 0 Å². The summed E-state index contributed by atoms with van der Waals surface area (Å²) in [5.74, 6) is -0.726. The zero-order valence-corrected chi connectivity index (χ0v) is 19.2. The number of sulfonamides is 1. The lowest BCUT2D eigenvalue weighted by Crippen LogP contribution is -2.49. The molecule has 7 nitrogen and oxygen atoms in total. The molecule has 1 amide bonds. The first-order valence-electron chi connectivity index (χ1n) is 11.1. The average molecular weight is 482 g/mol. The predicted octanol–water partition coefficient (Wildman–Crippen LogP) is 3.19. The minimum atomic E-state index is -3.75. The normalized spacial score (nSPS) is 19.4. The van der Waals surface area contributed by atoms with E-state index in [1.54, 1.807) is 39.8 Å². The molecule has 2 atom stereocenters. The van der Waals surface area contributed by atoms with Gasteiger partial charge in [0.05, 0.1) is 5.75 Å². The Bertz CT molecular complexity index is 1390. The number of rotatable bonds is 5. The minimum absolute atomic E-state index is 0.0268. The molecule has 1 N–H and O–H groups in total. The SMILES string of the molecule is O=C(c1ccc(F)cc1)N1C[C@@H]2C[C@H](C1)c1ccc(NS(=O)(=O)Cc3ccccc3)c(=O)n1C2. The summed E-state index contributed by atoms with van der Waals surface area (Å²) in [5.41, 5.74) is 1.51. The van der Waals surface area contributed by atoms with Gasteiger partial charge in [-0.1, -0.05) is 30.3 Å². The topological polar surface area (TPSA) is 88.5 Å². The van der Waals surface area contributed by atoms with Crippen molar-refractivity contribution in [2.24, 2.45) is 5.92 Å². The lowest BCUT2D eigenvalue weighted by atomic mass is 9.83. The summed E-state index contributed by atoms with van der Waals surface area (Å²) in [7, 11) is -3.75. The van der Waals surface area contributed by atoms with E-state index in [4.69, 9.17) is 0 Å². The van der Waals surface area contributed by atoms with Gasteiger partial charge >= 0.3 is 0 Å². The fourth-order valence-corrected chi connectivity index (χ4v) is 6.16. The molecule has 5 rings (SSSR count). The van der Waals surface area contributed by atoms with Crippen molar-refractivity contribution >= 4 is 21.6 Å². The number of carbonyl (C=O) groups excluding carboxylic acids is 1. The fraction of sp³-hybridized carbons (Fsp3) is 0.280. The van der Waals surface area contributed by atoms with Crippen LogP contribution in [0.3, 0.4) is 0 Å². The smallest absolute Gasteiger partial charge is 0.275 e. The van der Waals surface area contributed by atoms with Crippen molar-refractivity contribution in [1.29, 1.82) is 0 Å². The molecule has 0 radical (unpaired) electrons. The predicted molar refractivity (Wildman–Crippen MR) is 127 cm³/mol. The van der Waals surface area contributed by atoms with Gasteiger partial charge in [0.25, 0.3) is 11.5 Å². The number of aromatic nitrogens is 1. The quantitative estimate of drug-likeness (QED) is 0.606. The number of halogens is 1. The molecular weight excluding hydrogens is 457 g/mol. The highest BCUT2D eigenvalue weighted by Gasteiger charge is 2.37. The van der Waals surface area contributed by atoms with Gasteiger partial charge in [-0.15, -0.1) is 0 Å². The van der Waals surface area contributed by atoms with Crippen molar-refractivity contribution in [1.82, 2.24) is 9.47 Å². The van der Waals surface area contributed by atoms with E-state index in [0.717, 1.165) is 12.1 Å². The highest BCUT2D eigenvalue weighted by atomic mass is 32.2. The van der Waals surface area contributed by atoms with Crippen LogP contribution in [0.4, 0.5) is 10.1 Å². The molecule has 1 fully saturated rings. The number of piperidine rings is 1. The van der Waals surface area contributed by atoms with Gasteiger partial charge in [0.15, 0.2) is 0 Å². The maximum absolute atomic E-state index is 13.2. The zero-order valence-electron chi connectivity index (χ0n) is 18.4. The highest BCUT2D eigenvalue weighted by molar-refractivity contribution is 7.91. The fourth-order valence-electron chi connectivity index (χ4n) is 4.96. The largest absolute Gasteiger partial charge is 0.338 e. The van der Waals surface area contributed by atoms with Crippen LogP contribution in [0, 0.1) is 11.7 Å². The van der Waals surface area contributed by atoms with Gasteiger partial charge < -0.3 is 9.47 Å². The van der Waals surface area contributed by atoms with Crippen LogP contribution >= 0.6 is 0 Å². The molecule has 0 spiro atoms. The van der Waals surface area contributed by atoms with E-state index in [2.05, 4.69) is 4.72 Å². The second kappa shape index (κ2) is 8.72. The number of carbonyl (C=O) groups is 1. The van der Waals surface area contributed by atoms with Crippen LogP contribution in [0.2, 0.25) is 0 Å². The monoisotopic (exact) mass is 481 g/mol. The van der Waals surface area contributed by atoms with Crippen LogP contribution < -0.4 is 10.3 Å². The molecule has 34 heavy (non-hydrogen) atoms. The van der Waals surface area contributed by atoms with E-state index in [1.807, 2.05) is 6.07 Å². The van der Waals surface area contributed by atoms with Gasteiger partial charge in [-0.2, -0.15) is 0 Å². The van der Waals surface area contributed by atoms with Crippen LogP contribution in [0.25, 0.3) is 0 Å². The lowest BCUT2D eigenvalue weighted by molar-refractivity contribution is 0.0594. The van der Waals surface area contributed by atoms with Crippen molar-refractivity contribution in [2.45, 2.75) is 24.6 Å². The molecule has 0 aliphatic carbocycles. The molecule has 0 unspecified atom stereocenters. The summed E-state index contributed by atoms with van der Waals surface area (Å²) in [6.07, 6.45) is 0.853. The zero-order chi connectivity index (χ0) is 23.9. The van der Waals surface area contributed by atoms with Crippen molar-refractivity contribution in [2.75, 3.05) is 17.8 Å². The van der Waals surface area contributed by atoms with E-state index < -0.39 is 15.8 Å². The third-order valence-corrected chi connectivity index (χ3v) is 7.69. The van der Waals surface area contributed by atoms with Gasteiger partial charge in [-0.05, 0) is 54.3 Å². The maximum atomic E-state index is 13.2. The summed E-state index contributed by atoms with van der Waals surface area (Å²) in [5, 5.41) is 0. The van der Waals surface area contributed by atoms with E-state index >= 15 is 0 Å². The first-order chi connectivity index (χ1) is 16.3. The second-order valence-electron chi connectivity index (χ2n) is 8.95. The molecule has 1 aromatic heterocycles. The summed E-state index contributed by atoms with van der Waals surface area (Å²) in [6, 6.07) is 17.6. The van der Waals surface area contributed by atoms with Crippen molar-refractivity contribution in [3.05, 3.63) is 99.7 Å². The number of hydrogen-bond donors (Lipinski definition) is 1. The number of likely N-dealkylation sites (tertiary alicyclic amines) is 1.